The molecule has 1 amide bonds. The zero-order valence-corrected chi connectivity index (χ0v) is 19.7. The second-order valence-electron chi connectivity index (χ2n) is 6.83. The number of carbonyl (C=O) groups is 1. The van der Waals surface area contributed by atoms with Gasteiger partial charge in [0.1, 0.15) is 0 Å². The van der Waals surface area contributed by atoms with E-state index in [1.807, 2.05) is 26.0 Å². The Morgan fingerprint density at radius 1 is 1.13 bits per heavy atom. The molecule has 7 nitrogen and oxygen atoms in total. The molecule has 0 aliphatic carbocycles. The lowest BCUT2D eigenvalue weighted by Gasteiger charge is -2.14. The quantitative estimate of drug-likeness (QED) is 0.276. The van der Waals surface area contributed by atoms with E-state index < -0.39 is 15.9 Å². The van der Waals surface area contributed by atoms with Gasteiger partial charge < -0.3 is 0 Å². The molecule has 162 valence electrons. The van der Waals surface area contributed by atoms with E-state index in [1.165, 1.54) is 29.2 Å². The van der Waals surface area contributed by atoms with Crippen molar-refractivity contribution < 1.29 is 13.2 Å². The number of thioether (sulfide) groups is 1. The van der Waals surface area contributed by atoms with Crippen molar-refractivity contribution in [1.29, 1.82) is 0 Å². The summed E-state index contributed by atoms with van der Waals surface area (Å²) in [5.74, 6) is 0.231. The number of hydrogen-bond acceptors (Lipinski definition) is 7. The summed E-state index contributed by atoms with van der Waals surface area (Å²) in [5, 5.41) is 11.0. The monoisotopic (exact) mass is 474 g/mol. The molecule has 31 heavy (non-hydrogen) atoms. The zero-order valence-electron chi connectivity index (χ0n) is 17.3. The maximum absolute atomic E-state index is 13.0. The Kier molecular flexibility index (Phi) is 7.14. The number of aryl methyl sites for hydroxylation is 3. The Morgan fingerprint density at radius 3 is 2.61 bits per heavy atom. The first-order valence-corrected chi connectivity index (χ1v) is 12.6. The van der Waals surface area contributed by atoms with Gasteiger partial charge in [0.2, 0.25) is 5.13 Å². The van der Waals surface area contributed by atoms with Gasteiger partial charge in [0.15, 0.2) is 4.34 Å². The minimum Gasteiger partial charge on any atom is -0.296 e. The molecule has 10 heteroatoms. The van der Waals surface area contributed by atoms with Crippen LogP contribution < -0.4 is 10.0 Å². The maximum atomic E-state index is 13.0. The van der Waals surface area contributed by atoms with Crippen molar-refractivity contribution >= 4 is 49.8 Å². The maximum Gasteiger partial charge on any atom is 0.262 e. The molecule has 2 N–H and O–H groups in total. The van der Waals surface area contributed by atoms with Gasteiger partial charge in [-0.2, -0.15) is 0 Å². The number of aromatic nitrogens is 2. The van der Waals surface area contributed by atoms with Crippen molar-refractivity contribution in [3.8, 4) is 0 Å². The van der Waals surface area contributed by atoms with Gasteiger partial charge >= 0.3 is 0 Å². The van der Waals surface area contributed by atoms with Crippen LogP contribution in [0.5, 0.6) is 0 Å². The first kappa shape index (κ1) is 23.0. The van der Waals surface area contributed by atoms with Crippen molar-refractivity contribution in [2.45, 2.75) is 30.0 Å². The minimum absolute atomic E-state index is 0.0413. The van der Waals surface area contributed by atoms with Crippen molar-refractivity contribution in [2.75, 3.05) is 15.8 Å². The molecule has 0 aliphatic rings. The molecule has 3 aromatic rings. The predicted octanol–water partition coefficient (Wildman–Crippen LogP) is 4.79. The standard InChI is InChI=1S/C21H22N4O3S3/c1-5-10-29-21-24-23-20(30-21)22-19(26)16-8-7-14(3)18(12-16)31(27,28)25-17-9-6-13(2)11-15(17)4/h5-9,11-12,25H,1,10H2,2-4H3,(H,22,23,26). The molecule has 3 rings (SSSR count). The number of hydrogen-bond donors (Lipinski definition) is 2. The van der Waals surface area contributed by atoms with Crippen molar-refractivity contribution in [3.63, 3.8) is 0 Å². The van der Waals surface area contributed by atoms with E-state index in [9.17, 15) is 13.2 Å². The summed E-state index contributed by atoms with van der Waals surface area (Å²) < 4.78 is 29.4. The Balaban J connectivity index is 1.82. The first-order valence-electron chi connectivity index (χ1n) is 9.29. The van der Waals surface area contributed by atoms with Crippen LogP contribution in [0.25, 0.3) is 0 Å². The van der Waals surface area contributed by atoms with Gasteiger partial charge in [0.05, 0.1) is 10.6 Å². The number of sulfonamides is 1. The van der Waals surface area contributed by atoms with Crippen LogP contribution in [0.15, 0.2) is 58.3 Å². The summed E-state index contributed by atoms with van der Waals surface area (Å²) in [6, 6.07) is 10.0. The summed E-state index contributed by atoms with van der Waals surface area (Å²) in [6.45, 7) is 9.12. The number of anilines is 2. The highest BCUT2D eigenvalue weighted by atomic mass is 32.2. The van der Waals surface area contributed by atoms with Crippen LogP contribution in [-0.2, 0) is 10.0 Å². The van der Waals surface area contributed by atoms with Crippen molar-refractivity contribution in [2.24, 2.45) is 0 Å². The molecule has 0 aliphatic heterocycles. The van der Waals surface area contributed by atoms with Crippen LogP contribution in [0.4, 0.5) is 10.8 Å². The lowest BCUT2D eigenvalue weighted by atomic mass is 10.1. The molecule has 1 aromatic heterocycles. The third kappa shape index (κ3) is 5.72. The second kappa shape index (κ2) is 9.63. The number of rotatable bonds is 8. The SMILES string of the molecule is C=CCSc1nnc(NC(=O)c2ccc(C)c(S(=O)(=O)Nc3ccc(C)cc3C)c2)s1. The molecule has 0 spiro atoms. The molecule has 0 saturated carbocycles. The van der Waals surface area contributed by atoms with Gasteiger partial charge in [-0.05, 0) is 50.1 Å². The zero-order chi connectivity index (χ0) is 22.6. The molecule has 0 saturated heterocycles. The first-order chi connectivity index (χ1) is 14.7. The fourth-order valence-electron chi connectivity index (χ4n) is 2.78. The Hall–Kier alpha value is -2.69. The number of carbonyl (C=O) groups excluding carboxylic acids is 1. The van der Waals surface area contributed by atoms with Crippen LogP contribution >= 0.6 is 23.1 Å². The normalized spacial score (nSPS) is 11.2. The average Bonchev–Trinajstić information content (AvgIpc) is 3.15. The molecular weight excluding hydrogens is 452 g/mol. The van der Waals surface area contributed by atoms with Crippen LogP contribution in [0.2, 0.25) is 0 Å². The summed E-state index contributed by atoms with van der Waals surface area (Å²) in [4.78, 5) is 12.7. The predicted molar refractivity (Wildman–Crippen MR) is 127 cm³/mol. The van der Waals surface area contributed by atoms with E-state index in [0.717, 1.165) is 11.1 Å². The van der Waals surface area contributed by atoms with Gasteiger partial charge in [-0.3, -0.25) is 14.8 Å². The molecule has 0 bridgehead atoms. The van der Waals surface area contributed by atoms with Gasteiger partial charge in [-0.25, -0.2) is 8.42 Å². The van der Waals surface area contributed by atoms with E-state index >= 15 is 0 Å². The third-order valence-corrected chi connectivity index (χ3v) is 7.79. The Morgan fingerprint density at radius 2 is 1.90 bits per heavy atom. The average molecular weight is 475 g/mol. The fraction of sp³-hybridized carbons (Fsp3) is 0.190. The van der Waals surface area contributed by atoms with Crippen LogP contribution in [0.3, 0.4) is 0 Å². The van der Waals surface area contributed by atoms with Crippen molar-refractivity contribution in [3.05, 3.63) is 71.3 Å². The lowest BCUT2D eigenvalue weighted by Crippen LogP contribution is -2.17. The van der Waals surface area contributed by atoms with Gasteiger partial charge in [-0.1, -0.05) is 52.9 Å². The highest BCUT2D eigenvalue weighted by molar-refractivity contribution is 8.01. The highest BCUT2D eigenvalue weighted by Crippen LogP contribution is 2.27. The van der Waals surface area contributed by atoms with Gasteiger partial charge in [0.25, 0.3) is 15.9 Å². The van der Waals surface area contributed by atoms with Crippen LogP contribution in [0.1, 0.15) is 27.0 Å². The van der Waals surface area contributed by atoms with E-state index in [-0.39, 0.29) is 10.5 Å². The van der Waals surface area contributed by atoms with Crippen molar-refractivity contribution in [1.82, 2.24) is 10.2 Å². The third-order valence-electron chi connectivity index (χ3n) is 4.32. The van der Waals surface area contributed by atoms with Gasteiger partial charge in [0, 0.05) is 11.3 Å². The Labute approximate surface area is 190 Å². The minimum atomic E-state index is -3.88. The molecule has 0 radical (unpaired) electrons. The molecule has 0 fully saturated rings. The largest absolute Gasteiger partial charge is 0.296 e. The molecule has 2 aromatic carbocycles. The molecule has 0 unspecified atom stereocenters. The molecular formula is C21H22N4O3S3. The summed E-state index contributed by atoms with van der Waals surface area (Å²) in [5.41, 5.74) is 3.10. The highest BCUT2D eigenvalue weighted by Gasteiger charge is 2.21. The molecule has 0 atom stereocenters. The van der Waals surface area contributed by atoms with Crippen LogP contribution in [0, 0.1) is 20.8 Å². The molecule has 1 heterocycles. The van der Waals surface area contributed by atoms with E-state index in [4.69, 9.17) is 0 Å². The topological polar surface area (TPSA) is 101 Å². The summed E-state index contributed by atoms with van der Waals surface area (Å²) >= 11 is 2.71. The summed E-state index contributed by atoms with van der Waals surface area (Å²) in [7, 11) is -3.88. The number of amides is 1. The smallest absolute Gasteiger partial charge is 0.262 e. The number of nitrogens with zero attached hydrogens (tertiary/aromatic N) is 2. The van der Waals surface area contributed by atoms with Gasteiger partial charge in [-0.15, -0.1) is 16.8 Å². The Bertz CT molecular complexity index is 1240. The van der Waals surface area contributed by atoms with Crippen LogP contribution in [-0.4, -0.2) is 30.3 Å². The van der Waals surface area contributed by atoms with E-state index in [2.05, 4.69) is 26.8 Å². The number of nitrogens with one attached hydrogen (secondary N) is 2. The summed E-state index contributed by atoms with van der Waals surface area (Å²) in [6.07, 6.45) is 1.75. The second-order valence-corrected chi connectivity index (χ2v) is 10.7. The fourth-order valence-corrected chi connectivity index (χ4v) is 5.69. The number of benzene rings is 2. The lowest BCUT2D eigenvalue weighted by molar-refractivity contribution is 0.102. The van der Waals surface area contributed by atoms with E-state index in [0.29, 0.717) is 26.5 Å². The van der Waals surface area contributed by atoms with E-state index in [1.54, 1.807) is 31.2 Å².